The number of nitrogens with one attached hydrogen (secondary N) is 2. The molecule has 0 unspecified atom stereocenters. The van der Waals surface area contributed by atoms with Crippen molar-refractivity contribution in [3.8, 4) is 0 Å². The van der Waals surface area contributed by atoms with Crippen LogP contribution in [-0.2, 0) is 11.3 Å². The summed E-state index contributed by atoms with van der Waals surface area (Å²) in [5.41, 5.74) is 2.66. The Morgan fingerprint density at radius 1 is 1.35 bits per heavy atom. The Morgan fingerprint density at radius 3 is 2.91 bits per heavy atom. The van der Waals surface area contributed by atoms with Crippen molar-refractivity contribution in [1.29, 1.82) is 0 Å². The van der Waals surface area contributed by atoms with Crippen molar-refractivity contribution < 1.29 is 9.59 Å². The number of piperazine rings is 1. The predicted octanol–water partition coefficient (Wildman–Crippen LogP) is 2.24. The summed E-state index contributed by atoms with van der Waals surface area (Å²) in [6.45, 7) is 3.94. The van der Waals surface area contributed by atoms with Crippen LogP contribution in [0.2, 0.25) is 0 Å². The number of carbonyl (C=O) groups excluding carboxylic acids is 2. The Labute approximate surface area is 139 Å². The van der Waals surface area contributed by atoms with Gasteiger partial charge in [-0.15, -0.1) is 11.3 Å². The van der Waals surface area contributed by atoms with Gasteiger partial charge in [-0.05, 0) is 36.1 Å². The van der Waals surface area contributed by atoms with Crippen LogP contribution in [0.3, 0.4) is 0 Å². The SMILES string of the molecule is Cc1ccsc1CNc1ccccc1C(=O)N1CCNC(=O)C1. The van der Waals surface area contributed by atoms with Crippen LogP contribution in [0.5, 0.6) is 0 Å². The summed E-state index contributed by atoms with van der Waals surface area (Å²) in [5, 5.41) is 8.15. The second-order valence-corrected chi connectivity index (χ2v) is 6.50. The molecule has 1 saturated heterocycles. The van der Waals surface area contributed by atoms with Gasteiger partial charge in [0.2, 0.25) is 5.91 Å². The topological polar surface area (TPSA) is 61.4 Å². The zero-order valence-electron chi connectivity index (χ0n) is 13.0. The number of hydrogen-bond acceptors (Lipinski definition) is 4. The van der Waals surface area contributed by atoms with Gasteiger partial charge in [0.25, 0.3) is 5.91 Å². The van der Waals surface area contributed by atoms with E-state index in [0.29, 0.717) is 25.2 Å². The van der Waals surface area contributed by atoms with Crippen LogP contribution in [0, 0.1) is 6.92 Å². The molecule has 2 heterocycles. The zero-order chi connectivity index (χ0) is 16.2. The summed E-state index contributed by atoms with van der Waals surface area (Å²) < 4.78 is 0. The fourth-order valence-electron chi connectivity index (χ4n) is 2.57. The van der Waals surface area contributed by atoms with Gasteiger partial charge in [0.15, 0.2) is 0 Å². The van der Waals surface area contributed by atoms with Crippen LogP contribution >= 0.6 is 11.3 Å². The van der Waals surface area contributed by atoms with Crippen molar-refractivity contribution in [3.05, 3.63) is 51.7 Å². The molecular weight excluding hydrogens is 310 g/mol. The van der Waals surface area contributed by atoms with Gasteiger partial charge in [0.1, 0.15) is 0 Å². The summed E-state index contributed by atoms with van der Waals surface area (Å²) in [4.78, 5) is 27.0. The second kappa shape index (κ2) is 6.83. The predicted molar refractivity (Wildman–Crippen MR) is 91.7 cm³/mol. The lowest BCUT2D eigenvalue weighted by Crippen LogP contribution is -2.50. The number of anilines is 1. The Hall–Kier alpha value is -2.34. The maximum absolute atomic E-state index is 12.7. The minimum atomic E-state index is -0.107. The lowest BCUT2D eigenvalue weighted by Gasteiger charge is -2.27. The third-order valence-corrected chi connectivity index (χ3v) is 4.91. The molecule has 0 radical (unpaired) electrons. The van der Waals surface area contributed by atoms with E-state index >= 15 is 0 Å². The normalized spacial score (nSPS) is 14.5. The summed E-state index contributed by atoms with van der Waals surface area (Å²) >= 11 is 1.70. The van der Waals surface area contributed by atoms with Gasteiger partial charge in [-0.3, -0.25) is 9.59 Å². The van der Waals surface area contributed by atoms with Gasteiger partial charge in [-0.2, -0.15) is 0 Å². The highest BCUT2D eigenvalue weighted by molar-refractivity contribution is 7.10. The maximum atomic E-state index is 12.7. The minimum absolute atomic E-state index is 0.106. The molecule has 2 aromatic rings. The lowest BCUT2D eigenvalue weighted by atomic mass is 10.1. The quantitative estimate of drug-likeness (QED) is 0.904. The molecule has 120 valence electrons. The van der Waals surface area contributed by atoms with E-state index in [0.717, 1.165) is 5.69 Å². The van der Waals surface area contributed by atoms with Crippen LogP contribution in [0.25, 0.3) is 0 Å². The number of para-hydroxylation sites is 1. The monoisotopic (exact) mass is 329 g/mol. The molecule has 0 atom stereocenters. The largest absolute Gasteiger partial charge is 0.379 e. The average Bonchev–Trinajstić information content (AvgIpc) is 2.97. The Morgan fingerprint density at radius 2 is 2.17 bits per heavy atom. The van der Waals surface area contributed by atoms with Crippen LogP contribution < -0.4 is 10.6 Å². The summed E-state index contributed by atoms with van der Waals surface area (Å²) in [7, 11) is 0. The second-order valence-electron chi connectivity index (χ2n) is 5.50. The van der Waals surface area contributed by atoms with Crippen LogP contribution in [0.15, 0.2) is 35.7 Å². The number of aryl methyl sites for hydroxylation is 1. The molecule has 1 aromatic heterocycles. The molecule has 5 nitrogen and oxygen atoms in total. The molecule has 1 aromatic carbocycles. The zero-order valence-corrected chi connectivity index (χ0v) is 13.8. The Balaban J connectivity index is 1.76. The molecule has 1 aliphatic rings. The molecule has 2 amide bonds. The summed E-state index contributed by atoms with van der Waals surface area (Å²) in [5.74, 6) is -0.213. The summed E-state index contributed by atoms with van der Waals surface area (Å²) in [6, 6.07) is 9.55. The molecule has 1 aliphatic heterocycles. The summed E-state index contributed by atoms with van der Waals surface area (Å²) in [6.07, 6.45) is 0. The first-order valence-electron chi connectivity index (χ1n) is 7.57. The Bertz CT molecular complexity index is 726. The number of benzene rings is 1. The van der Waals surface area contributed by atoms with Crippen LogP contribution in [0.1, 0.15) is 20.8 Å². The van der Waals surface area contributed by atoms with Crippen molar-refractivity contribution in [3.63, 3.8) is 0 Å². The van der Waals surface area contributed by atoms with E-state index in [9.17, 15) is 9.59 Å². The number of hydrogen-bond donors (Lipinski definition) is 2. The van der Waals surface area contributed by atoms with Gasteiger partial charge in [-0.1, -0.05) is 12.1 Å². The average molecular weight is 329 g/mol. The van der Waals surface area contributed by atoms with Crippen molar-refractivity contribution >= 4 is 28.8 Å². The molecule has 2 N–H and O–H groups in total. The van der Waals surface area contributed by atoms with Crippen molar-refractivity contribution in [1.82, 2.24) is 10.2 Å². The fourth-order valence-corrected chi connectivity index (χ4v) is 3.41. The van der Waals surface area contributed by atoms with Gasteiger partial charge in [0.05, 0.1) is 12.1 Å². The van der Waals surface area contributed by atoms with Gasteiger partial charge in [0, 0.05) is 30.2 Å². The minimum Gasteiger partial charge on any atom is -0.379 e. The molecule has 23 heavy (non-hydrogen) atoms. The van der Waals surface area contributed by atoms with Crippen LogP contribution in [0.4, 0.5) is 5.69 Å². The first-order chi connectivity index (χ1) is 11.1. The molecular formula is C17H19N3O2S. The molecule has 0 aliphatic carbocycles. The molecule has 3 rings (SSSR count). The Kier molecular flexibility index (Phi) is 4.62. The first-order valence-corrected chi connectivity index (χ1v) is 8.45. The number of thiophene rings is 1. The van der Waals surface area contributed by atoms with E-state index in [4.69, 9.17) is 0 Å². The number of rotatable bonds is 4. The van der Waals surface area contributed by atoms with Crippen molar-refractivity contribution in [2.45, 2.75) is 13.5 Å². The molecule has 0 spiro atoms. The fraction of sp³-hybridized carbons (Fsp3) is 0.294. The van der Waals surface area contributed by atoms with Gasteiger partial charge in [-0.25, -0.2) is 0 Å². The van der Waals surface area contributed by atoms with Crippen molar-refractivity contribution in [2.24, 2.45) is 0 Å². The highest BCUT2D eigenvalue weighted by Gasteiger charge is 2.23. The van der Waals surface area contributed by atoms with Crippen LogP contribution in [-0.4, -0.2) is 36.3 Å². The third-order valence-electron chi connectivity index (χ3n) is 3.89. The molecule has 0 saturated carbocycles. The van der Waals surface area contributed by atoms with E-state index in [-0.39, 0.29) is 18.4 Å². The number of nitrogens with zero attached hydrogens (tertiary/aromatic N) is 1. The van der Waals surface area contributed by atoms with E-state index in [2.05, 4.69) is 29.0 Å². The standard InChI is InChI=1S/C17H19N3O2S/c1-12-6-9-23-15(12)10-19-14-5-3-2-4-13(14)17(22)20-8-7-18-16(21)11-20/h2-6,9,19H,7-8,10-11H2,1H3,(H,18,21). The van der Waals surface area contributed by atoms with Gasteiger partial charge >= 0.3 is 0 Å². The molecule has 1 fully saturated rings. The van der Waals surface area contributed by atoms with E-state index < -0.39 is 0 Å². The smallest absolute Gasteiger partial charge is 0.256 e. The third kappa shape index (κ3) is 3.53. The van der Waals surface area contributed by atoms with Gasteiger partial charge < -0.3 is 15.5 Å². The number of carbonyl (C=O) groups is 2. The maximum Gasteiger partial charge on any atom is 0.256 e. The highest BCUT2D eigenvalue weighted by atomic mass is 32.1. The van der Waals surface area contributed by atoms with E-state index in [1.54, 1.807) is 22.3 Å². The highest BCUT2D eigenvalue weighted by Crippen LogP contribution is 2.21. The van der Waals surface area contributed by atoms with E-state index in [1.807, 2.05) is 18.2 Å². The van der Waals surface area contributed by atoms with E-state index in [1.165, 1.54) is 10.4 Å². The number of amides is 2. The molecule has 0 bridgehead atoms. The lowest BCUT2D eigenvalue weighted by molar-refractivity contribution is -0.123. The molecule has 6 heteroatoms. The first kappa shape index (κ1) is 15.6. The van der Waals surface area contributed by atoms with Crippen molar-refractivity contribution in [2.75, 3.05) is 25.0 Å².